The maximum Gasteiger partial charge on any atom is 0.138 e. The molecule has 0 spiro atoms. The molecule has 3 nitrogen and oxygen atoms in total. The lowest BCUT2D eigenvalue weighted by Gasteiger charge is -2.21. The molecule has 102 valence electrons. The summed E-state index contributed by atoms with van der Waals surface area (Å²) in [6, 6.07) is 0. The summed E-state index contributed by atoms with van der Waals surface area (Å²) in [5.74, 6) is 0.922. The summed E-state index contributed by atoms with van der Waals surface area (Å²) in [6.07, 6.45) is 16.4. The lowest BCUT2D eigenvalue weighted by molar-refractivity contribution is 0.0262. The van der Waals surface area contributed by atoms with Crippen LogP contribution in [0.25, 0.3) is 0 Å². The largest absolute Gasteiger partial charge is 0.466 e. The van der Waals surface area contributed by atoms with Crippen LogP contribution in [0.2, 0.25) is 0 Å². The van der Waals surface area contributed by atoms with Gasteiger partial charge in [0.15, 0.2) is 0 Å². The van der Waals surface area contributed by atoms with Gasteiger partial charge in [-0.2, -0.15) is 0 Å². The van der Waals surface area contributed by atoms with Crippen LogP contribution in [0.4, 0.5) is 0 Å². The van der Waals surface area contributed by atoms with E-state index in [0.717, 1.165) is 31.6 Å². The van der Waals surface area contributed by atoms with Gasteiger partial charge in [-0.25, -0.2) is 0 Å². The Bertz CT molecular complexity index is 277. The zero-order valence-electron chi connectivity index (χ0n) is 11.1. The Balaban J connectivity index is 1.42. The standard InChI is InChI=1S/C15H24O3/c1-3-7-14(8-4-1)17-10-6-2-5-9-15-13-16-11-12-18-15/h11-14H,1-10H2. The Kier molecular flexibility index (Phi) is 6.13. The number of hydrogen-bond donors (Lipinski definition) is 0. The van der Waals surface area contributed by atoms with Crippen LogP contribution in [-0.4, -0.2) is 12.7 Å². The molecule has 1 aliphatic heterocycles. The van der Waals surface area contributed by atoms with Crippen LogP contribution in [0.5, 0.6) is 0 Å². The van der Waals surface area contributed by atoms with Gasteiger partial charge in [0.1, 0.15) is 24.5 Å². The minimum atomic E-state index is 0.543. The lowest BCUT2D eigenvalue weighted by Crippen LogP contribution is -2.17. The molecule has 18 heavy (non-hydrogen) atoms. The van der Waals surface area contributed by atoms with E-state index in [2.05, 4.69) is 0 Å². The Hall–Kier alpha value is -0.960. The lowest BCUT2D eigenvalue weighted by atomic mass is 9.98. The quantitative estimate of drug-likeness (QED) is 0.634. The minimum absolute atomic E-state index is 0.543. The molecule has 0 aromatic carbocycles. The first-order chi connectivity index (χ1) is 8.95. The summed E-state index contributed by atoms with van der Waals surface area (Å²) in [7, 11) is 0. The summed E-state index contributed by atoms with van der Waals surface area (Å²) in [5.41, 5.74) is 0. The van der Waals surface area contributed by atoms with Crippen LogP contribution >= 0.6 is 0 Å². The van der Waals surface area contributed by atoms with Crippen molar-refractivity contribution in [1.29, 1.82) is 0 Å². The Morgan fingerprint density at radius 2 is 1.94 bits per heavy atom. The van der Waals surface area contributed by atoms with Crippen LogP contribution in [0.1, 0.15) is 57.8 Å². The van der Waals surface area contributed by atoms with Crippen molar-refractivity contribution in [3.05, 3.63) is 24.5 Å². The molecule has 0 bridgehead atoms. The zero-order chi connectivity index (χ0) is 12.5. The van der Waals surface area contributed by atoms with Gasteiger partial charge in [-0.15, -0.1) is 0 Å². The van der Waals surface area contributed by atoms with Crippen LogP contribution < -0.4 is 0 Å². The zero-order valence-corrected chi connectivity index (χ0v) is 11.1. The van der Waals surface area contributed by atoms with Crippen LogP contribution in [0, 0.1) is 0 Å². The highest BCUT2D eigenvalue weighted by atomic mass is 16.5. The van der Waals surface area contributed by atoms with Crippen molar-refractivity contribution < 1.29 is 14.2 Å². The van der Waals surface area contributed by atoms with E-state index in [1.807, 2.05) is 0 Å². The highest BCUT2D eigenvalue weighted by Gasteiger charge is 2.12. The second-order valence-corrected chi connectivity index (χ2v) is 5.05. The van der Waals surface area contributed by atoms with E-state index < -0.39 is 0 Å². The third kappa shape index (κ3) is 5.13. The van der Waals surface area contributed by atoms with Crippen LogP contribution in [0.3, 0.4) is 0 Å². The molecule has 2 rings (SSSR count). The van der Waals surface area contributed by atoms with Gasteiger partial charge in [-0.1, -0.05) is 25.7 Å². The van der Waals surface area contributed by atoms with E-state index in [1.165, 1.54) is 38.5 Å². The maximum absolute atomic E-state index is 5.89. The van der Waals surface area contributed by atoms with E-state index in [0.29, 0.717) is 6.10 Å². The third-order valence-electron chi connectivity index (χ3n) is 3.53. The van der Waals surface area contributed by atoms with Crippen molar-refractivity contribution in [3.63, 3.8) is 0 Å². The molecule has 0 atom stereocenters. The van der Waals surface area contributed by atoms with Gasteiger partial charge >= 0.3 is 0 Å². The Labute approximate surface area is 110 Å². The van der Waals surface area contributed by atoms with E-state index in [9.17, 15) is 0 Å². The monoisotopic (exact) mass is 252 g/mol. The molecule has 2 aliphatic rings. The molecule has 0 unspecified atom stereocenters. The summed E-state index contributed by atoms with van der Waals surface area (Å²) in [5, 5.41) is 0. The van der Waals surface area contributed by atoms with E-state index >= 15 is 0 Å². The average molecular weight is 252 g/mol. The normalized spacial score (nSPS) is 20.1. The molecule has 0 N–H and O–H groups in total. The van der Waals surface area contributed by atoms with Gasteiger partial charge in [-0.05, 0) is 25.7 Å². The molecule has 3 heteroatoms. The van der Waals surface area contributed by atoms with Crippen molar-refractivity contribution in [2.24, 2.45) is 0 Å². The fourth-order valence-electron chi connectivity index (χ4n) is 2.47. The summed E-state index contributed by atoms with van der Waals surface area (Å²) >= 11 is 0. The fourth-order valence-corrected chi connectivity index (χ4v) is 2.47. The third-order valence-corrected chi connectivity index (χ3v) is 3.53. The topological polar surface area (TPSA) is 27.7 Å². The average Bonchev–Trinajstić information content (AvgIpc) is 2.45. The second-order valence-electron chi connectivity index (χ2n) is 5.05. The fraction of sp³-hybridized carbons (Fsp3) is 0.733. The highest BCUT2D eigenvalue weighted by molar-refractivity contribution is 4.94. The van der Waals surface area contributed by atoms with Gasteiger partial charge in [0, 0.05) is 13.0 Å². The van der Waals surface area contributed by atoms with E-state index in [-0.39, 0.29) is 0 Å². The molecular formula is C15H24O3. The van der Waals surface area contributed by atoms with Crippen molar-refractivity contribution in [3.8, 4) is 0 Å². The first-order valence-electron chi connectivity index (χ1n) is 7.23. The molecular weight excluding hydrogens is 228 g/mol. The summed E-state index contributed by atoms with van der Waals surface area (Å²) in [6.45, 7) is 0.918. The predicted octanol–water partition coefficient (Wildman–Crippen LogP) is 4.26. The van der Waals surface area contributed by atoms with Gasteiger partial charge in [0.05, 0.1) is 6.10 Å². The van der Waals surface area contributed by atoms with Crippen molar-refractivity contribution >= 4 is 0 Å². The predicted molar refractivity (Wildman–Crippen MR) is 70.7 cm³/mol. The molecule has 1 aliphatic carbocycles. The molecule has 0 saturated heterocycles. The van der Waals surface area contributed by atoms with Crippen LogP contribution in [-0.2, 0) is 14.2 Å². The van der Waals surface area contributed by atoms with Crippen molar-refractivity contribution in [2.75, 3.05) is 6.61 Å². The maximum atomic E-state index is 5.89. The van der Waals surface area contributed by atoms with E-state index in [4.69, 9.17) is 14.2 Å². The number of hydrogen-bond acceptors (Lipinski definition) is 3. The molecule has 0 amide bonds. The minimum Gasteiger partial charge on any atom is -0.466 e. The molecule has 0 aromatic heterocycles. The van der Waals surface area contributed by atoms with Gasteiger partial charge in [0.2, 0.25) is 0 Å². The number of allylic oxidation sites excluding steroid dienone is 1. The van der Waals surface area contributed by atoms with E-state index in [1.54, 1.807) is 18.8 Å². The SMILES string of the molecule is C1=COC(CCCCCOC2CCCCC2)=CO1. The molecule has 0 radical (unpaired) electrons. The highest BCUT2D eigenvalue weighted by Crippen LogP contribution is 2.20. The summed E-state index contributed by atoms with van der Waals surface area (Å²) in [4.78, 5) is 0. The number of ether oxygens (including phenoxy) is 3. The molecule has 1 fully saturated rings. The van der Waals surface area contributed by atoms with Crippen LogP contribution in [0.15, 0.2) is 24.5 Å². The Morgan fingerprint density at radius 1 is 1.06 bits per heavy atom. The van der Waals surface area contributed by atoms with Crippen molar-refractivity contribution in [2.45, 2.75) is 63.9 Å². The second kappa shape index (κ2) is 8.20. The number of unbranched alkanes of at least 4 members (excludes halogenated alkanes) is 2. The van der Waals surface area contributed by atoms with Gasteiger partial charge in [0.25, 0.3) is 0 Å². The molecule has 1 saturated carbocycles. The molecule has 1 heterocycles. The first-order valence-corrected chi connectivity index (χ1v) is 7.23. The Morgan fingerprint density at radius 3 is 2.72 bits per heavy atom. The molecule has 0 aromatic rings. The van der Waals surface area contributed by atoms with Gasteiger partial charge in [-0.3, -0.25) is 0 Å². The summed E-state index contributed by atoms with van der Waals surface area (Å²) < 4.78 is 16.2. The smallest absolute Gasteiger partial charge is 0.138 e. The number of rotatable bonds is 7. The van der Waals surface area contributed by atoms with Crippen molar-refractivity contribution in [1.82, 2.24) is 0 Å². The first kappa shape index (κ1) is 13.5. The van der Waals surface area contributed by atoms with Gasteiger partial charge < -0.3 is 14.2 Å².